The van der Waals surface area contributed by atoms with Crippen LogP contribution in [0.5, 0.6) is 0 Å². The number of likely N-dealkylation sites (N-methyl/N-ethyl adjacent to an activating group) is 1. The molecule has 0 aromatic heterocycles. The van der Waals surface area contributed by atoms with E-state index >= 15 is 0 Å². The number of carbonyl (C=O) groups is 1. The molecule has 0 N–H and O–H groups in total. The number of piperazine rings is 1. The van der Waals surface area contributed by atoms with E-state index in [2.05, 4.69) is 22.8 Å². The maximum absolute atomic E-state index is 12.6. The van der Waals surface area contributed by atoms with Crippen molar-refractivity contribution in [1.29, 1.82) is 5.26 Å². The van der Waals surface area contributed by atoms with Crippen LogP contribution >= 0.6 is 0 Å². The van der Waals surface area contributed by atoms with Gasteiger partial charge in [0, 0.05) is 57.8 Å². The number of nitriles is 1. The average molecular weight is 385 g/mol. The molecule has 0 atom stereocenters. The quantitative estimate of drug-likeness (QED) is 0.570. The molecule has 1 amide bonds. The van der Waals surface area contributed by atoms with Gasteiger partial charge in [0.1, 0.15) is 6.07 Å². The van der Waals surface area contributed by atoms with Gasteiger partial charge in [-0.2, -0.15) is 5.26 Å². The van der Waals surface area contributed by atoms with Gasteiger partial charge in [-0.3, -0.25) is 14.9 Å². The van der Waals surface area contributed by atoms with Crippen molar-refractivity contribution in [1.82, 2.24) is 9.80 Å². The molecule has 2 heterocycles. The van der Waals surface area contributed by atoms with Crippen LogP contribution in [0, 0.1) is 27.4 Å². The van der Waals surface area contributed by atoms with E-state index in [9.17, 15) is 20.2 Å². The summed E-state index contributed by atoms with van der Waals surface area (Å²) in [6, 6.07) is 6.51. The van der Waals surface area contributed by atoms with Gasteiger partial charge in [-0.15, -0.1) is 0 Å². The summed E-state index contributed by atoms with van der Waals surface area (Å²) < 4.78 is 0. The van der Waals surface area contributed by atoms with Gasteiger partial charge in [0.15, 0.2) is 0 Å². The van der Waals surface area contributed by atoms with Crippen LogP contribution in [0.1, 0.15) is 31.7 Å². The number of hydrogen-bond donors (Lipinski definition) is 0. The lowest BCUT2D eigenvalue weighted by molar-refractivity contribution is -0.384. The van der Waals surface area contributed by atoms with Crippen LogP contribution in [0.15, 0.2) is 18.2 Å². The minimum atomic E-state index is -0.483. The highest BCUT2D eigenvalue weighted by Gasteiger charge is 2.27. The number of non-ortho nitro benzene ring substituents is 1. The number of nitrogens with zero attached hydrogens (tertiary/aromatic N) is 5. The van der Waals surface area contributed by atoms with Crippen LogP contribution in [-0.2, 0) is 4.79 Å². The summed E-state index contributed by atoms with van der Waals surface area (Å²) in [7, 11) is 0. The second-order valence-electron chi connectivity index (χ2n) is 7.52. The Bertz CT molecular complexity index is 760. The Kier molecular flexibility index (Phi) is 6.47. The molecule has 0 bridgehead atoms. The van der Waals surface area contributed by atoms with Gasteiger partial charge in [0.2, 0.25) is 5.91 Å². The molecular weight excluding hydrogens is 358 g/mol. The molecule has 150 valence electrons. The first-order valence-electron chi connectivity index (χ1n) is 9.95. The van der Waals surface area contributed by atoms with E-state index in [1.807, 2.05) is 4.90 Å². The van der Waals surface area contributed by atoms with Gasteiger partial charge in [0.05, 0.1) is 16.2 Å². The monoisotopic (exact) mass is 385 g/mol. The number of nitro benzene ring substituents is 1. The van der Waals surface area contributed by atoms with E-state index in [0.29, 0.717) is 17.9 Å². The summed E-state index contributed by atoms with van der Waals surface area (Å²) in [5.74, 6) is 0.610. The van der Waals surface area contributed by atoms with E-state index in [-0.39, 0.29) is 11.6 Å². The molecule has 0 radical (unpaired) electrons. The zero-order chi connectivity index (χ0) is 20.1. The van der Waals surface area contributed by atoms with Gasteiger partial charge >= 0.3 is 0 Å². The number of rotatable bonds is 5. The van der Waals surface area contributed by atoms with E-state index in [1.54, 1.807) is 6.07 Å². The lowest BCUT2D eigenvalue weighted by Gasteiger charge is -2.37. The molecule has 1 aromatic carbocycles. The van der Waals surface area contributed by atoms with Crippen molar-refractivity contribution in [2.45, 2.75) is 26.2 Å². The third-order valence-electron chi connectivity index (χ3n) is 5.90. The summed E-state index contributed by atoms with van der Waals surface area (Å²) in [5, 5.41) is 20.3. The summed E-state index contributed by atoms with van der Waals surface area (Å²) in [6.45, 7) is 8.25. The fourth-order valence-corrected chi connectivity index (χ4v) is 4.07. The number of hydrogen-bond acceptors (Lipinski definition) is 6. The highest BCUT2D eigenvalue weighted by atomic mass is 16.6. The molecule has 0 aliphatic carbocycles. The third kappa shape index (κ3) is 4.60. The van der Waals surface area contributed by atoms with Crippen molar-refractivity contribution < 1.29 is 9.72 Å². The Balaban J connectivity index is 1.53. The van der Waals surface area contributed by atoms with Crippen molar-refractivity contribution in [2.24, 2.45) is 5.92 Å². The van der Waals surface area contributed by atoms with Crippen molar-refractivity contribution in [3.8, 4) is 6.07 Å². The Morgan fingerprint density at radius 1 is 1.21 bits per heavy atom. The van der Waals surface area contributed by atoms with Crippen LogP contribution in [0.25, 0.3) is 0 Å². The smallest absolute Gasteiger partial charge is 0.270 e. The fourth-order valence-electron chi connectivity index (χ4n) is 4.07. The summed E-state index contributed by atoms with van der Waals surface area (Å²) >= 11 is 0. The van der Waals surface area contributed by atoms with Gasteiger partial charge in [0.25, 0.3) is 5.69 Å². The molecule has 2 aliphatic heterocycles. The van der Waals surface area contributed by atoms with Crippen LogP contribution in [0.3, 0.4) is 0 Å². The first kappa shape index (κ1) is 20.1. The first-order valence-corrected chi connectivity index (χ1v) is 9.95. The molecule has 1 aromatic rings. The summed E-state index contributed by atoms with van der Waals surface area (Å²) in [4.78, 5) is 29.5. The number of carbonyl (C=O) groups excluding carboxylic acids is 1. The third-order valence-corrected chi connectivity index (χ3v) is 5.90. The van der Waals surface area contributed by atoms with Crippen LogP contribution in [0.2, 0.25) is 0 Å². The number of benzene rings is 1. The standard InChI is InChI=1S/C20H27N5O3/c1-2-22-9-11-24(12-10-22)20(26)13-16-5-7-23(8-6-16)19-4-3-18(25(27)28)14-17(19)15-21/h3-4,14,16H,2,5-13H2,1H3. The second-order valence-corrected chi connectivity index (χ2v) is 7.52. The predicted octanol–water partition coefficient (Wildman–Crippen LogP) is 2.24. The Morgan fingerprint density at radius 2 is 1.89 bits per heavy atom. The molecule has 0 unspecified atom stereocenters. The van der Waals surface area contributed by atoms with E-state index in [4.69, 9.17) is 0 Å². The zero-order valence-electron chi connectivity index (χ0n) is 16.3. The van der Waals surface area contributed by atoms with Gasteiger partial charge in [-0.05, 0) is 31.4 Å². The maximum atomic E-state index is 12.6. The van der Waals surface area contributed by atoms with Crippen molar-refractivity contribution >= 4 is 17.3 Å². The number of piperidine rings is 1. The molecule has 2 saturated heterocycles. The molecule has 2 aliphatic rings. The topological polar surface area (TPSA) is 93.7 Å². The summed E-state index contributed by atoms with van der Waals surface area (Å²) in [6.07, 6.45) is 2.37. The lowest BCUT2D eigenvalue weighted by atomic mass is 9.92. The zero-order valence-corrected chi connectivity index (χ0v) is 16.3. The molecule has 3 rings (SSSR count). The van der Waals surface area contributed by atoms with E-state index in [0.717, 1.165) is 64.3 Å². The van der Waals surface area contributed by atoms with Crippen LogP contribution < -0.4 is 4.90 Å². The number of anilines is 1. The maximum Gasteiger partial charge on any atom is 0.270 e. The predicted molar refractivity (Wildman–Crippen MR) is 106 cm³/mol. The first-order chi connectivity index (χ1) is 13.5. The second kappa shape index (κ2) is 9.02. The SMILES string of the molecule is CCN1CCN(C(=O)CC2CCN(c3ccc([N+](=O)[O-])cc3C#N)CC2)CC1. The minimum Gasteiger partial charge on any atom is -0.370 e. The lowest BCUT2D eigenvalue weighted by Crippen LogP contribution is -2.49. The summed E-state index contributed by atoms with van der Waals surface area (Å²) in [5.41, 5.74) is 1.01. The molecule has 8 heteroatoms. The molecule has 28 heavy (non-hydrogen) atoms. The normalized spacial score (nSPS) is 18.7. The van der Waals surface area contributed by atoms with E-state index in [1.165, 1.54) is 12.1 Å². The Hall–Kier alpha value is -2.66. The van der Waals surface area contributed by atoms with Gasteiger partial charge in [-0.25, -0.2) is 0 Å². The Labute approximate surface area is 165 Å². The van der Waals surface area contributed by atoms with Crippen molar-refractivity contribution in [2.75, 3.05) is 50.7 Å². The fraction of sp³-hybridized carbons (Fsp3) is 0.600. The van der Waals surface area contributed by atoms with Crippen molar-refractivity contribution in [3.63, 3.8) is 0 Å². The number of nitro groups is 1. The highest BCUT2D eigenvalue weighted by Crippen LogP contribution is 2.30. The largest absolute Gasteiger partial charge is 0.370 e. The molecule has 0 saturated carbocycles. The molecular formula is C20H27N5O3. The molecule has 2 fully saturated rings. The Morgan fingerprint density at radius 3 is 2.46 bits per heavy atom. The molecule has 0 spiro atoms. The van der Waals surface area contributed by atoms with Crippen LogP contribution in [0.4, 0.5) is 11.4 Å². The van der Waals surface area contributed by atoms with Crippen LogP contribution in [-0.4, -0.2) is 66.4 Å². The number of amides is 1. The van der Waals surface area contributed by atoms with Crippen molar-refractivity contribution in [3.05, 3.63) is 33.9 Å². The van der Waals surface area contributed by atoms with E-state index < -0.39 is 4.92 Å². The average Bonchev–Trinajstić information content (AvgIpc) is 2.73. The molecule has 8 nitrogen and oxygen atoms in total. The minimum absolute atomic E-state index is 0.0658. The van der Waals surface area contributed by atoms with Gasteiger partial charge in [-0.1, -0.05) is 6.92 Å². The van der Waals surface area contributed by atoms with Gasteiger partial charge < -0.3 is 14.7 Å². The highest BCUT2D eigenvalue weighted by molar-refractivity contribution is 5.76.